The van der Waals surface area contributed by atoms with Gasteiger partial charge in [0.05, 0.1) is 10.0 Å². The van der Waals surface area contributed by atoms with Crippen LogP contribution in [0.15, 0.2) is 16.6 Å². The summed E-state index contributed by atoms with van der Waals surface area (Å²) < 4.78 is 48.8. The molecule has 0 nitrogen and oxygen atoms in total. The molecule has 0 heterocycles. The quantitative estimate of drug-likeness (QED) is 0.521. The van der Waals surface area contributed by atoms with Crippen LogP contribution in [0.2, 0.25) is 0 Å². The molecule has 0 saturated heterocycles. The summed E-state index contributed by atoms with van der Waals surface area (Å²) in [5, 5.41) is 0. The lowest BCUT2D eigenvalue weighted by molar-refractivity contribution is 0.145. The van der Waals surface area contributed by atoms with Crippen molar-refractivity contribution in [2.24, 2.45) is 0 Å². The molecule has 12 heavy (non-hydrogen) atoms. The van der Waals surface area contributed by atoms with Crippen molar-refractivity contribution in [2.75, 3.05) is 0 Å². The monoisotopic (exact) mass is 242 g/mol. The molecule has 0 bridgehead atoms. The average Bonchev–Trinajstić information content (AvgIpc) is 1.96. The number of hydrogen-bond acceptors (Lipinski definition) is 0. The SMILES string of the molecule is Fc1cc(C(F)F)c(F)cc1Br. The Morgan fingerprint density at radius 2 is 1.67 bits per heavy atom. The van der Waals surface area contributed by atoms with Gasteiger partial charge in [0.15, 0.2) is 0 Å². The van der Waals surface area contributed by atoms with Crippen molar-refractivity contribution in [3.05, 3.63) is 33.8 Å². The Labute approximate surface area is 74.3 Å². The molecule has 0 aliphatic rings. The topological polar surface area (TPSA) is 0 Å². The molecule has 0 radical (unpaired) electrons. The smallest absolute Gasteiger partial charge is 0.206 e. The van der Waals surface area contributed by atoms with Gasteiger partial charge in [-0.05, 0) is 28.1 Å². The molecule has 0 spiro atoms. The van der Waals surface area contributed by atoms with Crippen molar-refractivity contribution in [3.63, 3.8) is 0 Å². The molecule has 1 aromatic rings. The molecular weight excluding hydrogens is 240 g/mol. The first-order valence-corrected chi connectivity index (χ1v) is 3.74. The van der Waals surface area contributed by atoms with Gasteiger partial charge in [-0.3, -0.25) is 0 Å². The van der Waals surface area contributed by atoms with Crippen LogP contribution in [0.5, 0.6) is 0 Å². The van der Waals surface area contributed by atoms with Gasteiger partial charge in [0, 0.05) is 0 Å². The van der Waals surface area contributed by atoms with Crippen LogP contribution < -0.4 is 0 Å². The van der Waals surface area contributed by atoms with Gasteiger partial charge < -0.3 is 0 Å². The second-order valence-corrected chi connectivity index (χ2v) is 2.94. The number of hydrogen-bond donors (Lipinski definition) is 0. The normalized spacial score (nSPS) is 10.8. The summed E-state index contributed by atoms with van der Waals surface area (Å²) in [7, 11) is 0. The maximum Gasteiger partial charge on any atom is 0.266 e. The summed E-state index contributed by atoms with van der Waals surface area (Å²) >= 11 is 2.67. The minimum atomic E-state index is -2.99. The van der Waals surface area contributed by atoms with Crippen LogP contribution in [-0.4, -0.2) is 0 Å². The summed E-state index contributed by atoms with van der Waals surface area (Å²) in [6.07, 6.45) is -2.99. The van der Waals surface area contributed by atoms with Crippen LogP contribution in [0.3, 0.4) is 0 Å². The van der Waals surface area contributed by atoms with Crippen LogP contribution in [-0.2, 0) is 0 Å². The molecular formula is C7H3BrF4. The first-order valence-electron chi connectivity index (χ1n) is 2.95. The van der Waals surface area contributed by atoms with E-state index in [9.17, 15) is 17.6 Å². The summed E-state index contributed by atoms with van der Waals surface area (Å²) in [6.45, 7) is 0. The lowest BCUT2D eigenvalue weighted by Gasteiger charge is -2.02. The van der Waals surface area contributed by atoms with Gasteiger partial charge in [0.2, 0.25) is 0 Å². The standard InChI is InChI=1S/C7H3BrF4/c8-4-2-5(9)3(7(11)12)1-6(4)10/h1-2,7H. The summed E-state index contributed by atoms with van der Waals surface area (Å²) in [6, 6.07) is 1.15. The molecule has 5 heteroatoms. The highest BCUT2D eigenvalue weighted by Gasteiger charge is 2.15. The van der Waals surface area contributed by atoms with Gasteiger partial charge in [0.25, 0.3) is 6.43 Å². The van der Waals surface area contributed by atoms with E-state index in [0.717, 1.165) is 0 Å². The van der Waals surface area contributed by atoms with Gasteiger partial charge in [-0.2, -0.15) is 0 Å². The highest BCUT2D eigenvalue weighted by molar-refractivity contribution is 9.10. The van der Waals surface area contributed by atoms with Crippen LogP contribution >= 0.6 is 15.9 Å². The van der Waals surface area contributed by atoms with Gasteiger partial charge in [-0.15, -0.1) is 0 Å². The van der Waals surface area contributed by atoms with Crippen LogP contribution in [0.1, 0.15) is 12.0 Å². The van der Waals surface area contributed by atoms with E-state index in [-0.39, 0.29) is 4.47 Å². The fraction of sp³-hybridized carbons (Fsp3) is 0.143. The van der Waals surface area contributed by atoms with Crippen molar-refractivity contribution in [1.82, 2.24) is 0 Å². The predicted octanol–water partition coefficient (Wildman–Crippen LogP) is 3.66. The van der Waals surface area contributed by atoms with E-state index in [0.29, 0.717) is 12.1 Å². The molecule has 0 unspecified atom stereocenters. The molecule has 0 fully saturated rings. The van der Waals surface area contributed by atoms with Gasteiger partial charge in [-0.25, -0.2) is 17.6 Å². The highest BCUT2D eigenvalue weighted by Crippen LogP contribution is 2.26. The number of benzene rings is 1. The van der Waals surface area contributed by atoms with E-state index in [2.05, 4.69) is 15.9 Å². The Balaban J connectivity index is 3.23. The largest absolute Gasteiger partial charge is 0.266 e. The lowest BCUT2D eigenvalue weighted by Crippen LogP contribution is -1.92. The second kappa shape index (κ2) is 3.43. The molecule has 0 amide bonds. The first kappa shape index (κ1) is 9.51. The van der Waals surface area contributed by atoms with Crippen LogP contribution in [0.4, 0.5) is 17.6 Å². The first-order chi connectivity index (χ1) is 5.52. The van der Waals surface area contributed by atoms with Crippen molar-refractivity contribution >= 4 is 15.9 Å². The highest BCUT2D eigenvalue weighted by atomic mass is 79.9. The maximum absolute atomic E-state index is 12.6. The molecule has 0 aliphatic heterocycles. The summed E-state index contributed by atoms with van der Waals surface area (Å²) in [4.78, 5) is 0. The zero-order valence-corrected chi connectivity index (χ0v) is 7.21. The Kier molecular flexibility index (Phi) is 2.72. The lowest BCUT2D eigenvalue weighted by atomic mass is 10.2. The fourth-order valence-electron chi connectivity index (χ4n) is 0.705. The molecule has 66 valence electrons. The summed E-state index contributed by atoms with van der Waals surface area (Å²) in [5.41, 5.74) is -0.921. The third-order valence-corrected chi connectivity index (χ3v) is 1.88. The van der Waals surface area contributed by atoms with Crippen molar-refractivity contribution in [2.45, 2.75) is 6.43 Å². The Morgan fingerprint density at radius 1 is 1.08 bits per heavy atom. The molecule has 0 aliphatic carbocycles. The number of rotatable bonds is 1. The average molecular weight is 243 g/mol. The number of alkyl halides is 2. The van der Waals surface area contributed by atoms with E-state index in [1.54, 1.807) is 0 Å². The number of halogens is 5. The van der Waals surface area contributed by atoms with Crippen molar-refractivity contribution in [3.8, 4) is 0 Å². The third kappa shape index (κ3) is 1.77. The maximum atomic E-state index is 12.6. The van der Waals surface area contributed by atoms with Crippen molar-refractivity contribution in [1.29, 1.82) is 0 Å². The second-order valence-electron chi connectivity index (χ2n) is 2.09. The Morgan fingerprint density at radius 3 is 2.17 bits per heavy atom. The van der Waals surface area contributed by atoms with E-state index < -0.39 is 23.6 Å². The summed E-state index contributed by atoms with van der Waals surface area (Å²) in [5.74, 6) is -2.01. The van der Waals surface area contributed by atoms with E-state index in [1.165, 1.54) is 0 Å². The zero-order valence-electron chi connectivity index (χ0n) is 5.62. The minimum Gasteiger partial charge on any atom is -0.206 e. The van der Waals surface area contributed by atoms with Crippen LogP contribution in [0.25, 0.3) is 0 Å². The molecule has 0 aromatic heterocycles. The predicted molar refractivity (Wildman–Crippen MR) is 39.0 cm³/mol. The van der Waals surface area contributed by atoms with Gasteiger partial charge >= 0.3 is 0 Å². The molecule has 0 saturated carbocycles. The Hall–Kier alpha value is -0.580. The van der Waals surface area contributed by atoms with E-state index in [1.807, 2.05) is 0 Å². The molecule has 0 N–H and O–H groups in total. The zero-order chi connectivity index (χ0) is 9.30. The van der Waals surface area contributed by atoms with Gasteiger partial charge in [-0.1, -0.05) is 0 Å². The van der Waals surface area contributed by atoms with E-state index >= 15 is 0 Å². The molecule has 1 aromatic carbocycles. The van der Waals surface area contributed by atoms with Crippen molar-refractivity contribution < 1.29 is 17.6 Å². The molecule has 0 atom stereocenters. The third-order valence-electron chi connectivity index (χ3n) is 1.27. The fourth-order valence-corrected chi connectivity index (χ4v) is 1.02. The molecule has 1 rings (SSSR count). The van der Waals surface area contributed by atoms with Crippen LogP contribution in [0, 0.1) is 11.6 Å². The van der Waals surface area contributed by atoms with Gasteiger partial charge in [0.1, 0.15) is 11.6 Å². The van der Waals surface area contributed by atoms with E-state index in [4.69, 9.17) is 0 Å². The Bertz CT molecular complexity index is 298. The minimum absolute atomic E-state index is 0.163.